The van der Waals surface area contributed by atoms with Gasteiger partial charge in [-0.05, 0) is 18.9 Å². The standard InChI is InChI=1S/C14H21NOS/c1-3-12(2)15-14(16)9-10-17-11-13-7-5-4-6-8-13/h4-8,12H,3,9-11H2,1-2H3,(H,15,16). The van der Waals surface area contributed by atoms with Gasteiger partial charge in [0.05, 0.1) is 0 Å². The number of carbonyl (C=O) groups is 1. The molecule has 0 fully saturated rings. The van der Waals surface area contributed by atoms with Crippen LogP contribution in [0.3, 0.4) is 0 Å². The molecule has 0 aromatic heterocycles. The summed E-state index contributed by atoms with van der Waals surface area (Å²) in [6, 6.07) is 10.6. The molecule has 0 aliphatic heterocycles. The Morgan fingerprint density at radius 3 is 2.71 bits per heavy atom. The quantitative estimate of drug-likeness (QED) is 0.754. The molecule has 0 saturated carbocycles. The van der Waals surface area contributed by atoms with E-state index in [1.165, 1.54) is 5.56 Å². The molecule has 0 bridgehead atoms. The van der Waals surface area contributed by atoms with Gasteiger partial charge in [0.1, 0.15) is 0 Å². The maximum Gasteiger partial charge on any atom is 0.221 e. The highest BCUT2D eigenvalue weighted by Gasteiger charge is 2.04. The fourth-order valence-corrected chi connectivity index (χ4v) is 2.28. The van der Waals surface area contributed by atoms with Crippen molar-refractivity contribution < 1.29 is 4.79 Å². The average Bonchev–Trinajstić information content (AvgIpc) is 2.36. The highest BCUT2D eigenvalue weighted by atomic mass is 32.2. The number of amides is 1. The van der Waals surface area contributed by atoms with Gasteiger partial charge in [-0.15, -0.1) is 0 Å². The van der Waals surface area contributed by atoms with Crippen LogP contribution in [0.4, 0.5) is 0 Å². The van der Waals surface area contributed by atoms with Crippen LogP contribution in [0.2, 0.25) is 0 Å². The second kappa shape index (κ2) is 8.18. The molecule has 1 unspecified atom stereocenters. The molecule has 0 heterocycles. The number of thioether (sulfide) groups is 1. The van der Waals surface area contributed by atoms with E-state index in [9.17, 15) is 4.79 Å². The maximum absolute atomic E-state index is 11.5. The predicted molar refractivity (Wildman–Crippen MR) is 75.1 cm³/mol. The van der Waals surface area contributed by atoms with Crippen molar-refractivity contribution in [1.82, 2.24) is 5.32 Å². The monoisotopic (exact) mass is 251 g/mol. The van der Waals surface area contributed by atoms with E-state index in [1.54, 1.807) is 0 Å². The lowest BCUT2D eigenvalue weighted by molar-refractivity contribution is -0.121. The van der Waals surface area contributed by atoms with Crippen LogP contribution in [0.25, 0.3) is 0 Å². The van der Waals surface area contributed by atoms with Crippen LogP contribution in [0.5, 0.6) is 0 Å². The highest BCUT2D eigenvalue weighted by molar-refractivity contribution is 7.98. The van der Waals surface area contributed by atoms with E-state index in [2.05, 4.69) is 24.4 Å². The average molecular weight is 251 g/mol. The van der Waals surface area contributed by atoms with E-state index in [0.717, 1.165) is 17.9 Å². The van der Waals surface area contributed by atoms with Crippen molar-refractivity contribution in [2.45, 2.75) is 38.5 Å². The summed E-state index contributed by atoms with van der Waals surface area (Å²) in [5.41, 5.74) is 1.32. The van der Waals surface area contributed by atoms with E-state index in [4.69, 9.17) is 0 Å². The molecular formula is C14H21NOS. The third-order valence-electron chi connectivity index (χ3n) is 2.60. The smallest absolute Gasteiger partial charge is 0.221 e. The molecule has 1 rings (SSSR count). The molecule has 2 nitrogen and oxygen atoms in total. The molecule has 17 heavy (non-hydrogen) atoms. The van der Waals surface area contributed by atoms with Crippen LogP contribution in [0.1, 0.15) is 32.3 Å². The number of rotatable bonds is 7. The zero-order valence-corrected chi connectivity index (χ0v) is 11.4. The molecule has 1 amide bonds. The normalized spacial score (nSPS) is 12.1. The molecule has 0 aliphatic rings. The van der Waals surface area contributed by atoms with Crippen molar-refractivity contribution in [3.05, 3.63) is 35.9 Å². The Balaban J connectivity index is 2.10. The SMILES string of the molecule is CCC(C)NC(=O)CCSCc1ccccc1. The van der Waals surface area contributed by atoms with Gasteiger partial charge >= 0.3 is 0 Å². The number of nitrogens with one attached hydrogen (secondary N) is 1. The minimum Gasteiger partial charge on any atom is -0.354 e. The first kappa shape index (κ1) is 14.1. The first-order valence-corrected chi connectivity index (χ1v) is 7.29. The first-order chi connectivity index (χ1) is 8.22. The summed E-state index contributed by atoms with van der Waals surface area (Å²) >= 11 is 1.81. The predicted octanol–water partition coefficient (Wildman–Crippen LogP) is 3.22. The van der Waals surface area contributed by atoms with E-state index >= 15 is 0 Å². The van der Waals surface area contributed by atoms with E-state index in [-0.39, 0.29) is 5.91 Å². The molecular weight excluding hydrogens is 230 g/mol. The summed E-state index contributed by atoms with van der Waals surface area (Å²) in [4.78, 5) is 11.5. The van der Waals surface area contributed by atoms with E-state index in [0.29, 0.717) is 12.5 Å². The molecule has 0 saturated heterocycles. The first-order valence-electron chi connectivity index (χ1n) is 6.13. The van der Waals surface area contributed by atoms with Crippen molar-refractivity contribution in [2.24, 2.45) is 0 Å². The highest BCUT2D eigenvalue weighted by Crippen LogP contribution is 2.12. The van der Waals surface area contributed by atoms with Gasteiger partial charge in [-0.25, -0.2) is 0 Å². The lowest BCUT2D eigenvalue weighted by atomic mass is 10.2. The fraction of sp³-hybridized carbons (Fsp3) is 0.500. The molecule has 0 spiro atoms. The number of carbonyl (C=O) groups excluding carboxylic acids is 1. The largest absolute Gasteiger partial charge is 0.354 e. The fourth-order valence-electron chi connectivity index (χ4n) is 1.38. The lowest BCUT2D eigenvalue weighted by Gasteiger charge is -2.10. The summed E-state index contributed by atoms with van der Waals surface area (Å²) in [5.74, 6) is 2.04. The Kier molecular flexibility index (Phi) is 6.78. The second-order valence-corrected chi connectivity index (χ2v) is 5.27. The maximum atomic E-state index is 11.5. The van der Waals surface area contributed by atoms with Crippen LogP contribution in [0.15, 0.2) is 30.3 Å². The Hall–Kier alpha value is -0.960. The molecule has 3 heteroatoms. The molecule has 1 N–H and O–H groups in total. The van der Waals surface area contributed by atoms with Gasteiger partial charge in [0.25, 0.3) is 0 Å². The Morgan fingerprint density at radius 1 is 1.35 bits per heavy atom. The zero-order valence-electron chi connectivity index (χ0n) is 10.6. The van der Waals surface area contributed by atoms with Gasteiger partial charge in [-0.3, -0.25) is 4.79 Å². The van der Waals surface area contributed by atoms with Crippen LogP contribution in [-0.2, 0) is 10.5 Å². The molecule has 1 aromatic carbocycles. The molecule has 94 valence electrons. The van der Waals surface area contributed by atoms with Crippen molar-refractivity contribution in [3.8, 4) is 0 Å². The van der Waals surface area contributed by atoms with Gasteiger partial charge in [-0.2, -0.15) is 11.8 Å². The summed E-state index contributed by atoms with van der Waals surface area (Å²) in [7, 11) is 0. The Morgan fingerprint density at radius 2 is 2.06 bits per heavy atom. The van der Waals surface area contributed by atoms with Gasteiger partial charge in [0, 0.05) is 24.0 Å². The second-order valence-electron chi connectivity index (χ2n) is 4.16. The van der Waals surface area contributed by atoms with Crippen LogP contribution < -0.4 is 5.32 Å². The number of hydrogen-bond donors (Lipinski definition) is 1. The van der Waals surface area contributed by atoms with Crippen molar-refractivity contribution in [2.75, 3.05) is 5.75 Å². The van der Waals surface area contributed by atoms with Crippen LogP contribution in [0, 0.1) is 0 Å². The van der Waals surface area contributed by atoms with E-state index < -0.39 is 0 Å². The van der Waals surface area contributed by atoms with Gasteiger partial charge in [-0.1, -0.05) is 37.3 Å². The third kappa shape index (κ3) is 6.37. The zero-order chi connectivity index (χ0) is 12.5. The van der Waals surface area contributed by atoms with Gasteiger partial charge in [0.15, 0.2) is 0 Å². The van der Waals surface area contributed by atoms with Crippen LogP contribution >= 0.6 is 11.8 Å². The summed E-state index contributed by atoms with van der Waals surface area (Å²) in [6.45, 7) is 4.12. The van der Waals surface area contributed by atoms with Crippen molar-refractivity contribution >= 4 is 17.7 Å². The molecule has 1 aromatic rings. The topological polar surface area (TPSA) is 29.1 Å². The number of hydrogen-bond acceptors (Lipinski definition) is 2. The molecule has 1 atom stereocenters. The van der Waals surface area contributed by atoms with Crippen molar-refractivity contribution in [3.63, 3.8) is 0 Å². The Labute approximate surface area is 108 Å². The Bertz CT molecular complexity index is 326. The summed E-state index contributed by atoms with van der Waals surface area (Å²) in [5, 5.41) is 2.98. The molecule has 0 radical (unpaired) electrons. The summed E-state index contributed by atoms with van der Waals surface area (Å²) < 4.78 is 0. The minimum absolute atomic E-state index is 0.167. The van der Waals surface area contributed by atoms with Gasteiger partial charge in [0.2, 0.25) is 5.91 Å². The molecule has 0 aliphatic carbocycles. The van der Waals surface area contributed by atoms with Gasteiger partial charge < -0.3 is 5.32 Å². The lowest BCUT2D eigenvalue weighted by Crippen LogP contribution is -2.32. The minimum atomic E-state index is 0.167. The van der Waals surface area contributed by atoms with Crippen molar-refractivity contribution in [1.29, 1.82) is 0 Å². The number of benzene rings is 1. The van der Waals surface area contributed by atoms with E-state index in [1.807, 2.05) is 36.9 Å². The third-order valence-corrected chi connectivity index (χ3v) is 3.64. The van der Waals surface area contributed by atoms with Crippen LogP contribution in [-0.4, -0.2) is 17.7 Å². The summed E-state index contributed by atoms with van der Waals surface area (Å²) in [6.07, 6.45) is 1.60.